The number of anilines is 1. The summed E-state index contributed by atoms with van der Waals surface area (Å²) in [6, 6.07) is 3.20. The molecular formula is C15H13F2N5O3. The molecular weight excluding hydrogens is 336 g/mol. The Balaban J connectivity index is 1.98. The summed E-state index contributed by atoms with van der Waals surface area (Å²) < 4.78 is 30.4. The van der Waals surface area contributed by atoms with Crippen LogP contribution in [-0.4, -0.2) is 24.6 Å². The highest BCUT2D eigenvalue weighted by atomic mass is 19.1. The molecule has 0 saturated carbocycles. The van der Waals surface area contributed by atoms with Crippen molar-refractivity contribution in [3.8, 4) is 0 Å². The van der Waals surface area contributed by atoms with E-state index in [4.69, 9.17) is 0 Å². The minimum absolute atomic E-state index is 0.0359. The van der Waals surface area contributed by atoms with Crippen LogP contribution in [0.4, 0.5) is 14.5 Å². The predicted octanol–water partition coefficient (Wildman–Crippen LogP) is 0.351. The summed E-state index contributed by atoms with van der Waals surface area (Å²) in [7, 11) is 2.74. The Morgan fingerprint density at radius 2 is 1.80 bits per heavy atom. The average molecular weight is 349 g/mol. The molecule has 0 aliphatic carbocycles. The molecule has 1 amide bonds. The fourth-order valence-corrected chi connectivity index (χ4v) is 2.47. The van der Waals surface area contributed by atoms with Crippen LogP contribution in [0.25, 0.3) is 11.2 Å². The van der Waals surface area contributed by atoms with Crippen LogP contribution in [0, 0.1) is 11.6 Å². The maximum atomic E-state index is 13.6. The molecule has 1 aromatic carbocycles. The number of rotatable bonds is 3. The summed E-state index contributed by atoms with van der Waals surface area (Å²) in [6.45, 7) is -0.405. The molecule has 3 aromatic rings. The third-order valence-corrected chi connectivity index (χ3v) is 3.76. The molecule has 0 aliphatic heterocycles. The van der Waals surface area contributed by atoms with Gasteiger partial charge in [0.05, 0.1) is 6.33 Å². The highest BCUT2D eigenvalue weighted by Gasteiger charge is 2.17. The van der Waals surface area contributed by atoms with Crippen molar-refractivity contribution in [1.82, 2.24) is 18.7 Å². The summed E-state index contributed by atoms with van der Waals surface area (Å²) in [4.78, 5) is 40.2. The lowest BCUT2D eigenvalue weighted by atomic mass is 10.3. The number of hydrogen-bond donors (Lipinski definition) is 1. The van der Waals surface area contributed by atoms with E-state index >= 15 is 0 Å². The quantitative estimate of drug-likeness (QED) is 0.739. The van der Waals surface area contributed by atoms with Crippen LogP contribution < -0.4 is 16.6 Å². The fraction of sp³-hybridized carbons (Fsp3) is 0.200. The zero-order chi connectivity index (χ0) is 18.3. The smallest absolute Gasteiger partial charge is 0.320 e. The maximum Gasteiger partial charge on any atom is 0.332 e. The molecule has 3 rings (SSSR count). The number of nitrogens with zero attached hydrogens (tertiary/aromatic N) is 4. The minimum Gasteiger partial charge on any atom is -0.320 e. The molecule has 1 N–H and O–H groups in total. The van der Waals surface area contributed by atoms with Crippen LogP contribution >= 0.6 is 0 Å². The second-order valence-corrected chi connectivity index (χ2v) is 5.40. The largest absolute Gasteiger partial charge is 0.332 e. The van der Waals surface area contributed by atoms with Crippen molar-refractivity contribution in [2.24, 2.45) is 14.1 Å². The standard InChI is InChI=1S/C15H13F2N5O3/c1-20-13-12(14(24)21(2)15(20)25)22(7-18-13)6-10(23)19-11-8(16)4-3-5-9(11)17/h3-5,7H,6H2,1-2H3,(H,19,23). The van der Waals surface area contributed by atoms with Gasteiger partial charge in [0.2, 0.25) is 5.91 Å². The Kier molecular flexibility index (Phi) is 3.95. The second kappa shape index (κ2) is 5.96. The molecule has 8 nitrogen and oxygen atoms in total. The number of aromatic nitrogens is 4. The van der Waals surface area contributed by atoms with Gasteiger partial charge < -0.3 is 9.88 Å². The molecule has 10 heteroatoms. The molecule has 0 radical (unpaired) electrons. The molecule has 130 valence electrons. The molecule has 0 saturated heterocycles. The number of carbonyl (C=O) groups is 1. The SMILES string of the molecule is Cn1c(=O)c2c(ncn2CC(=O)Nc2c(F)cccc2F)n(C)c1=O. The number of fused-ring (bicyclic) bond motifs is 1. The number of para-hydroxylation sites is 1. The number of amides is 1. The monoisotopic (exact) mass is 349 g/mol. The van der Waals surface area contributed by atoms with Gasteiger partial charge in [-0.15, -0.1) is 0 Å². The number of imidazole rings is 1. The first-order valence-corrected chi connectivity index (χ1v) is 7.16. The van der Waals surface area contributed by atoms with Gasteiger partial charge in [0.1, 0.15) is 23.9 Å². The first-order valence-electron chi connectivity index (χ1n) is 7.16. The van der Waals surface area contributed by atoms with Gasteiger partial charge in [-0.3, -0.25) is 18.7 Å². The zero-order valence-electron chi connectivity index (χ0n) is 13.3. The van der Waals surface area contributed by atoms with Gasteiger partial charge in [-0.1, -0.05) is 6.07 Å². The van der Waals surface area contributed by atoms with Gasteiger partial charge in [0.25, 0.3) is 5.56 Å². The van der Waals surface area contributed by atoms with E-state index in [-0.39, 0.29) is 11.2 Å². The Bertz CT molecular complexity index is 1090. The first-order chi connectivity index (χ1) is 11.8. The number of halogens is 2. The van der Waals surface area contributed by atoms with Crippen LogP contribution in [0.15, 0.2) is 34.1 Å². The van der Waals surface area contributed by atoms with Crippen LogP contribution in [0.3, 0.4) is 0 Å². The Hall–Kier alpha value is -3.30. The summed E-state index contributed by atoms with van der Waals surface area (Å²) in [5.74, 6) is -2.58. The van der Waals surface area contributed by atoms with Gasteiger partial charge in [-0.25, -0.2) is 18.6 Å². The molecule has 0 atom stereocenters. The molecule has 0 spiro atoms. The van der Waals surface area contributed by atoms with E-state index in [1.807, 2.05) is 0 Å². The molecule has 0 unspecified atom stereocenters. The van der Waals surface area contributed by atoms with E-state index in [2.05, 4.69) is 10.3 Å². The molecule has 2 heterocycles. The van der Waals surface area contributed by atoms with Crippen LogP contribution in [0.2, 0.25) is 0 Å². The lowest BCUT2D eigenvalue weighted by Gasteiger charge is -2.09. The number of nitrogens with one attached hydrogen (secondary N) is 1. The molecule has 0 bridgehead atoms. The van der Waals surface area contributed by atoms with Crippen molar-refractivity contribution in [3.05, 3.63) is 57.0 Å². The van der Waals surface area contributed by atoms with E-state index in [0.717, 1.165) is 16.7 Å². The van der Waals surface area contributed by atoms with Crippen molar-refractivity contribution in [2.45, 2.75) is 6.54 Å². The third-order valence-electron chi connectivity index (χ3n) is 3.76. The van der Waals surface area contributed by atoms with E-state index in [9.17, 15) is 23.2 Å². The van der Waals surface area contributed by atoms with E-state index < -0.39 is 41.0 Å². The van der Waals surface area contributed by atoms with Crippen molar-refractivity contribution in [3.63, 3.8) is 0 Å². The van der Waals surface area contributed by atoms with Gasteiger partial charge >= 0.3 is 5.69 Å². The van der Waals surface area contributed by atoms with E-state index in [1.165, 1.54) is 35.6 Å². The molecule has 2 aromatic heterocycles. The lowest BCUT2D eigenvalue weighted by Crippen LogP contribution is -2.37. The van der Waals surface area contributed by atoms with Crippen LogP contribution in [0.5, 0.6) is 0 Å². The average Bonchev–Trinajstić information content (AvgIpc) is 2.98. The topological polar surface area (TPSA) is 90.9 Å². The number of hydrogen-bond acceptors (Lipinski definition) is 4. The number of aryl methyl sites for hydroxylation is 1. The zero-order valence-corrected chi connectivity index (χ0v) is 13.3. The Morgan fingerprint density at radius 1 is 1.16 bits per heavy atom. The summed E-state index contributed by atoms with van der Waals surface area (Å²) >= 11 is 0. The highest BCUT2D eigenvalue weighted by Crippen LogP contribution is 2.18. The second-order valence-electron chi connectivity index (χ2n) is 5.40. The van der Waals surface area contributed by atoms with Crippen molar-refractivity contribution in [1.29, 1.82) is 0 Å². The lowest BCUT2D eigenvalue weighted by molar-refractivity contribution is -0.116. The van der Waals surface area contributed by atoms with Gasteiger partial charge in [-0.2, -0.15) is 0 Å². The fourth-order valence-electron chi connectivity index (χ4n) is 2.47. The highest BCUT2D eigenvalue weighted by molar-refractivity contribution is 5.91. The van der Waals surface area contributed by atoms with Crippen LogP contribution in [-0.2, 0) is 25.4 Å². The maximum absolute atomic E-state index is 13.6. The summed E-state index contributed by atoms with van der Waals surface area (Å²) in [5.41, 5.74) is -1.61. The summed E-state index contributed by atoms with van der Waals surface area (Å²) in [6.07, 6.45) is 1.21. The molecule has 25 heavy (non-hydrogen) atoms. The van der Waals surface area contributed by atoms with Crippen LogP contribution in [0.1, 0.15) is 0 Å². The first kappa shape index (κ1) is 16.6. The van der Waals surface area contributed by atoms with E-state index in [1.54, 1.807) is 0 Å². The predicted molar refractivity (Wildman–Crippen MR) is 85.2 cm³/mol. The third kappa shape index (κ3) is 2.71. The van der Waals surface area contributed by atoms with Crippen molar-refractivity contribution >= 4 is 22.8 Å². The number of carbonyl (C=O) groups excluding carboxylic acids is 1. The van der Waals surface area contributed by atoms with Crippen molar-refractivity contribution < 1.29 is 13.6 Å². The molecule has 0 aliphatic rings. The van der Waals surface area contributed by atoms with Gasteiger partial charge in [-0.05, 0) is 12.1 Å². The van der Waals surface area contributed by atoms with Gasteiger partial charge in [0.15, 0.2) is 11.2 Å². The van der Waals surface area contributed by atoms with E-state index in [0.29, 0.717) is 0 Å². The van der Waals surface area contributed by atoms with Gasteiger partial charge in [0, 0.05) is 14.1 Å². The number of benzene rings is 1. The minimum atomic E-state index is -0.915. The Labute approximate surface area is 138 Å². The normalized spacial score (nSPS) is 11.0. The Morgan fingerprint density at radius 3 is 2.44 bits per heavy atom. The summed E-state index contributed by atoms with van der Waals surface area (Å²) in [5, 5.41) is 2.13. The van der Waals surface area contributed by atoms with Crippen molar-refractivity contribution in [2.75, 3.05) is 5.32 Å². The molecule has 0 fully saturated rings.